The highest BCUT2D eigenvalue weighted by Crippen LogP contribution is 2.10. The molecule has 0 heterocycles. The fourth-order valence-electron chi connectivity index (χ4n) is 1.83. The van der Waals surface area contributed by atoms with Crippen LogP contribution in [0.5, 0.6) is 5.75 Å². The summed E-state index contributed by atoms with van der Waals surface area (Å²) in [6.07, 6.45) is 0. The molecule has 0 aliphatic carbocycles. The van der Waals surface area contributed by atoms with E-state index in [0.717, 1.165) is 5.75 Å². The summed E-state index contributed by atoms with van der Waals surface area (Å²) in [5.41, 5.74) is 0.415. The van der Waals surface area contributed by atoms with Crippen molar-refractivity contribution in [3.05, 3.63) is 65.2 Å². The second-order valence-electron chi connectivity index (χ2n) is 4.70. The quantitative estimate of drug-likeness (QED) is 0.764. The predicted molar refractivity (Wildman–Crippen MR) is 88.7 cm³/mol. The molecule has 5 nitrogen and oxygen atoms in total. The molecule has 2 rings (SSSR count). The van der Waals surface area contributed by atoms with Crippen molar-refractivity contribution in [2.75, 3.05) is 19.7 Å². The molecule has 0 saturated carbocycles. The maximum atomic E-state index is 11.8. The van der Waals surface area contributed by atoms with Crippen LogP contribution in [-0.2, 0) is 4.79 Å². The second-order valence-corrected chi connectivity index (χ2v) is 5.14. The van der Waals surface area contributed by atoms with Gasteiger partial charge in [-0.3, -0.25) is 9.59 Å². The lowest BCUT2D eigenvalue weighted by Crippen LogP contribution is -2.38. The number of hydrogen-bond acceptors (Lipinski definition) is 3. The van der Waals surface area contributed by atoms with Gasteiger partial charge < -0.3 is 15.4 Å². The number of amides is 2. The van der Waals surface area contributed by atoms with E-state index in [1.165, 1.54) is 0 Å². The van der Waals surface area contributed by atoms with Crippen LogP contribution in [0, 0.1) is 0 Å². The number of para-hydroxylation sites is 1. The minimum Gasteiger partial charge on any atom is -0.492 e. The molecule has 0 atom stereocenters. The first kappa shape index (κ1) is 16.8. The molecule has 0 unspecified atom stereocenters. The molecule has 0 aliphatic heterocycles. The summed E-state index contributed by atoms with van der Waals surface area (Å²) in [6.45, 7) is 0.620. The van der Waals surface area contributed by atoms with Crippen molar-refractivity contribution >= 4 is 23.4 Å². The van der Waals surface area contributed by atoms with Gasteiger partial charge in [-0.05, 0) is 30.3 Å². The number of carbonyl (C=O) groups is 2. The summed E-state index contributed by atoms with van der Waals surface area (Å²) in [5.74, 6) is 0.122. The van der Waals surface area contributed by atoms with E-state index in [-0.39, 0.29) is 18.4 Å². The molecule has 0 fully saturated rings. The lowest BCUT2D eigenvalue weighted by Gasteiger charge is -2.08. The van der Waals surface area contributed by atoms with Gasteiger partial charge in [-0.2, -0.15) is 0 Å². The third-order valence-electron chi connectivity index (χ3n) is 2.93. The van der Waals surface area contributed by atoms with E-state index < -0.39 is 0 Å². The Bertz CT molecular complexity index is 662. The zero-order valence-corrected chi connectivity index (χ0v) is 13.2. The van der Waals surface area contributed by atoms with Gasteiger partial charge in [0.15, 0.2) is 0 Å². The number of nitrogens with one attached hydrogen (secondary N) is 2. The van der Waals surface area contributed by atoms with Gasteiger partial charge >= 0.3 is 0 Å². The maximum absolute atomic E-state index is 11.8. The van der Waals surface area contributed by atoms with Gasteiger partial charge in [0.1, 0.15) is 12.4 Å². The maximum Gasteiger partial charge on any atom is 0.251 e. The van der Waals surface area contributed by atoms with Gasteiger partial charge in [0.2, 0.25) is 5.91 Å². The van der Waals surface area contributed by atoms with Gasteiger partial charge in [-0.15, -0.1) is 0 Å². The molecule has 0 spiro atoms. The first-order valence-corrected chi connectivity index (χ1v) is 7.51. The molecule has 0 bridgehead atoms. The van der Waals surface area contributed by atoms with Crippen LogP contribution in [0.2, 0.25) is 5.02 Å². The van der Waals surface area contributed by atoms with E-state index in [1.54, 1.807) is 24.3 Å². The first-order chi connectivity index (χ1) is 11.1. The Morgan fingerprint density at radius 2 is 1.78 bits per heavy atom. The van der Waals surface area contributed by atoms with E-state index in [4.69, 9.17) is 16.3 Å². The molecule has 6 heteroatoms. The predicted octanol–water partition coefficient (Wildman–Crippen LogP) is 2.27. The second kappa shape index (κ2) is 8.80. The van der Waals surface area contributed by atoms with Crippen molar-refractivity contribution in [3.63, 3.8) is 0 Å². The van der Waals surface area contributed by atoms with Gasteiger partial charge in [0.05, 0.1) is 13.1 Å². The van der Waals surface area contributed by atoms with Crippen LogP contribution in [-0.4, -0.2) is 31.5 Å². The smallest absolute Gasteiger partial charge is 0.251 e. The molecular formula is C17H17ClN2O3. The van der Waals surface area contributed by atoms with Crippen LogP contribution in [0.1, 0.15) is 10.4 Å². The fraction of sp³-hybridized carbons (Fsp3) is 0.176. The zero-order chi connectivity index (χ0) is 16.5. The van der Waals surface area contributed by atoms with Crippen LogP contribution in [0.3, 0.4) is 0 Å². The number of benzene rings is 2. The number of carbonyl (C=O) groups excluding carboxylic acids is 2. The third kappa shape index (κ3) is 6.00. The highest BCUT2D eigenvalue weighted by atomic mass is 35.5. The topological polar surface area (TPSA) is 67.4 Å². The summed E-state index contributed by atoms with van der Waals surface area (Å²) < 4.78 is 5.45. The van der Waals surface area contributed by atoms with E-state index in [2.05, 4.69) is 10.6 Å². The van der Waals surface area contributed by atoms with E-state index in [1.807, 2.05) is 30.3 Å². The molecular weight excluding hydrogens is 316 g/mol. The summed E-state index contributed by atoms with van der Waals surface area (Å²) in [4.78, 5) is 23.5. The molecule has 2 aromatic rings. The molecule has 2 aromatic carbocycles. The Morgan fingerprint density at radius 3 is 2.52 bits per heavy atom. The van der Waals surface area contributed by atoms with Crippen LogP contribution in [0.15, 0.2) is 54.6 Å². The average Bonchev–Trinajstić information content (AvgIpc) is 2.57. The third-order valence-corrected chi connectivity index (χ3v) is 3.17. The van der Waals surface area contributed by atoms with Crippen LogP contribution in [0.4, 0.5) is 0 Å². The fourth-order valence-corrected chi connectivity index (χ4v) is 2.02. The van der Waals surface area contributed by atoms with E-state index >= 15 is 0 Å². The Balaban J connectivity index is 1.64. The highest BCUT2D eigenvalue weighted by molar-refractivity contribution is 6.30. The molecule has 0 aromatic heterocycles. The Morgan fingerprint density at radius 1 is 1.00 bits per heavy atom. The van der Waals surface area contributed by atoms with Crippen molar-refractivity contribution in [2.24, 2.45) is 0 Å². The van der Waals surface area contributed by atoms with Gasteiger partial charge in [0.25, 0.3) is 5.91 Å². The number of rotatable bonds is 7. The summed E-state index contributed by atoms with van der Waals surface area (Å²) in [6, 6.07) is 15.9. The lowest BCUT2D eigenvalue weighted by atomic mass is 10.2. The Kier molecular flexibility index (Phi) is 6.44. The number of ether oxygens (including phenoxy) is 1. The van der Waals surface area contributed by atoms with E-state index in [9.17, 15) is 9.59 Å². The summed E-state index contributed by atoms with van der Waals surface area (Å²) in [5, 5.41) is 5.67. The van der Waals surface area contributed by atoms with E-state index in [0.29, 0.717) is 23.7 Å². The summed E-state index contributed by atoms with van der Waals surface area (Å²) in [7, 11) is 0. The SMILES string of the molecule is O=C(CNC(=O)c1cccc(Cl)c1)NCCOc1ccccc1. The minimum absolute atomic E-state index is 0.101. The normalized spacial score (nSPS) is 9.96. The summed E-state index contributed by atoms with van der Waals surface area (Å²) >= 11 is 5.81. The lowest BCUT2D eigenvalue weighted by molar-refractivity contribution is -0.120. The molecule has 0 saturated heterocycles. The number of halogens is 1. The van der Waals surface area contributed by atoms with Gasteiger partial charge in [-0.1, -0.05) is 35.9 Å². The monoisotopic (exact) mass is 332 g/mol. The zero-order valence-electron chi connectivity index (χ0n) is 12.4. The average molecular weight is 333 g/mol. The molecule has 2 amide bonds. The largest absolute Gasteiger partial charge is 0.492 e. The van der Waals surface area contributed by atoms with Crippen LogP contribution in [0.25, 0.3) is 0 Å². The molecule has 0 aliphatic rings. The van der Waals surface area contributed by atoms with Crippen molar-refractivity contribution in [2.45, 2.75) is 0 Å². The Labute approximate surface area is 139 Å². The van der Waals surface area contributed by atoms with Crippen LogP contribution >= 0.6 is 11.6 Å². The Hall–Kier alpha value is -2.53. The van der Waals surface area contributed by atoms with Crippen molar-refractivity contribution < 1.29 is 14.3 Å². The van der Waals surface area contributed by atoms with Crippen LogP contribution < -0.4 is 15.4 Å². The molecule has 23 heavy (non-hydrogen) atoms. The molecule has 120 valence electrons. The van der Waals surface area contributed by atoms with Gasteiger partial charge in [0, 0.05) is 10.6 Å². The van der Waals surface area contributed by atoms with Crippen molar-refractivity contribution in [1.82, 2.24) is 10.6 Å². The van der Waals surface area contributed by atoms with Gasteiger partial charge in [-0.25, -0.2) is 0 Å². The first-order valence-electron chi connectivity index (χ1n) is 7.13. The number of hydrogen-bond donors (Lipinski definition) is 2. The van der Waals surface area contributed by atoms with Crippen molar-refractivity contribution in [3.8, 4) is 5.75 Å². The minimum atomic E-state index is -0.344. The highest BCUT2D eigenvalue weighted by Gasteiger charge is 2.08. The molecule has 2 N–H and O–H groups in total. The van der Waals surface area contributed by atoms with Crippen molar-refractivity contribution in [1.29, 1.82) is 0 Å². The standard InChI is InChI=1S/C17H17ClN2O3/c18-14-6-4-5-13(11-14)17(22)20-12-16(21)19-9-10-23-15-7-2-1-3-8-15/h1-8,11H,9-10,12H2,(H,19,21)(H,20,22). The molecule has 0 radical (unpaired) electrons.